The van der Waals surface area contributed by atoms with Gasteiger partial charge in [-0.2, -0.15) is 0 Å². The number of hydrogen-bond donors (Lipinski definition) is 2. The number of nitrogens with one attached hydrogen (secondary N) is 1. The fourth-order valence-corrected chi connectivity index (χ4v) is 2.35. The Balaban J connectivity index is 2.24. The molecule has 1 aliphatic carbocycles. The fourth-order valence-electron chi connectivity index (χ4n) is 2.35. The van der Waals surface area contributed by atoms with E-state index >= 15 is 0 Å². The molecule has 1 aromatic rings. The topological polar surface area (TPSA) is 58.6 Å². The number of amides is 1. The summed E-state index contributed by atoms with van der Waals surface area (Å²) >= 11 is 0. The Bertz CT molecular complexity index is 445. The van der Waals surface area contributed by atoms with E-state index in [4.69, 9.17) is 4.74 Å². The monoisotopic (exact) mass is 249 g/mol. The number of aliphatic hydroxyl groups is 1. The number of carbonyl (C=O) groups excluding carboxylic acids is 1. The van der Waals surface area contributed by atoms with E-state index in [0.717, 1.165) is 30.4 Å². The number of ether oxygens (including phenoxy) is 1. The third-order valence-electron chi connectivity index (χ3n) is 3.35. The summed E-state index contributed by atoms with van der Waals surface area (Å²) in [6.45, 7) is 1.72. The molecule has 1 amide bonds. The Kier molecular flexibility index (Phi) is 3.87. The molecular formula is C14H19NO3. The molecule has 0 radical (unpaired) electrons. The second-order valence-electron chi connectivity index (χ2n) is 4.61. The van der Waals surface area contributed by atoms with Crippen LogP contribution in [0.4, 0.5) is 0 Å². The molecule has 0 spiro atoms. The molecule has 2 rings (SSSR count). The highest BCUT2D eigenvalue weighted by Crippen LogP contribution is 2.35. The van der Waals surface area contributed by atoms with Crippen molar-refractivity contribution >= 4 is 5.91 Å². The van der Waals surface area contributed by atoms with Crippen molar-refractivity contribution in [1.29, 1.82) is 0 Å². The standard InChI is InChI=1S/C14H19NO3/c1-9(14(17)15-2)18-13-8-4-5-10-11(13)6-3-7-12(10)16/h4-5,8-9,12,16H,3,6-7H2,1-2H3,(H,15,17). The van der Waals surface area contributed by atoms with Gasteiger partial charge in [-0.15, -0.1) is 0 Å². The lowest BCUT2D eigenvalue weighted by molar-refractivity contribution is -0.126. The van der Waals surface area contributed by atoms with Crippen LogP contribution in [-0.4, -0.2) is 24.2 Å². The van der Waals surface area contributed by atoms with Gasteiger partial charge in [0.05, 0.1) is 6.10 Å². The highest BCUT2D eigenvalue weighted by atomic mass is 16.5. The maximum Gasteiger partial charge on any atom is 0.260 e. The summed E-state index contributed by atoms with van der Waals surface area (Å²) in [6, 6.07) is 5.65. The number of benzene rings is 1. The summed E-state index contributed by atoms with van der Waals surface area (Å²) in [4.78, 5) is 11.5. The van der Waals surface area contributed by atoms with Crippen LogP contribution in [0.2, 0.25) is 0 Å². The zero-order valence-electron chi connectivity index (χ0n) is 10.8. The van der Waals surface area contributed by atoms with Gasteiger partial charge in [0.25, 0.3) is 5.91 Å². The van der Waals surface area contributed by atoms with Crippen LogP contribution >= 0.6 is 0 Å². The fraction of sp³-hybridized carbons (Fsp3) is 0.500. The molecular weight excluding hydrogens is 230 g/mol. The van der Waals surface area contributed by atoms with Gasteiger partial charge in [0.1, 0.15) is 5.75 Å². The van der Waals surface area contributed by atoms with Gasteiger partial charge in [-0.25, -0.2) is 0 Å². The molecule has 0 bridgehead atoms. The first-order valence-corrected chi connectivity index (χ1v) is 6.31. The van der Waals surface area contributed by atoms with Gasteiger partial charge in [0, 0.05) is 7.05 Å². The van der Waals surface area contributed by atoms with Crippen molar-refractivity contribution in [3.05, 3.63) is 29.3 Å². The lowest BCUT2D eigenvalue weighted by Gasteiger charge is -2.24. The molecule has 2 atom stereocenters. The minimum atomic E-state index is -0.527. The van der Waals surface area contributed by atoms with Crippen molar-refractivity contribution in [2.45, 2.75) is 38.4 Å². The van der Waals surface area contributed by atoms with Crippen LogP contribution in [0.15, 0.2) is 18.2 Å². The molecule has 0 heterocycles. The van der Waals surface area contributed by atoms with Crippen molar-refractivity contribution in [2.24, 2.45) is 0 Å². The first-order chi connectivity index (χ1) is 8.63. The van der Waals surface area contributed by atoms with Crippen molar-refractivity contribution < 1.29 is 14.6 Å². The van der Waals surface area contributed by atoms with Crippen LogP contribution in [0.25, 0.3) is 0 Å². The van der Waals surface area contributed by atoms with E-state index in [0.29, 0.717) is 5.75 Å². The summed E-state index contributed by atoms with van der Waals surface area (Å²) < 4.78 is 5.69. The number of hydrogen-bond acceptors (Lipinski definition) is 3. The van der Waals surface area contributed by atoms with Gasteiger partial charge in [0.15, 0.2) is 6.10 Å². The van der Waals surface area contributed by atoms with Gasteiger partial charge in [-0.3, -0.25) is 4.79 Å². The smallest absolute Gasteiger partial charge is 0.260 e. The molecule has 0 saturated heterocycles. The summed E-state index contributed by atoms with van der Waals surface area (Å²) in [5, 5.41) is 12.5. The Labute approximate surface area is 107 Å². The Morgan fingerprint density at radius 3 is 3.06 bits per heavy atom. The van der Waals surface area contributed by atoms with Gasteiger partial charge in [-0.1, -0.05) is 12.1 Å². The molecule has 4 nitrogen and oxygen atoms in total. The van der Waals surface area contributed by atoms with E-state index in [-0.39, 0.29) is 5.91 Å². The molecule has 1 aliphatic rings. The van der Waals surface area contributed by atoms with E-state index in [1.165, 1.54) is 0 Å². The summed E-state index contributed by atoms with van der Waals surface area (Å²) in [5.41, 5.74) is 1.97. The predicted molar refractivity (Wildman–Crippen MR) is 68.5 cm³/mol. The molecule has 0 aromatic heterocycles. The molecule has 98 valence electrons. The SMILES string of the molecule is CNC(=O)C(C)Oc1cccc2c1CCCC2O. The molecule has 0 saturated carbocycles. The van der Waals surface area contributed by atoms with Gasteiger partial charge < -0.3 is 15.2 Å². The number of carbonyl (C=O) groups is 1. The maximum absolute atomic E-state index is 11.5. The maximum atomic E-state index is 11.5. The Morgan fingerprint density at radius 1 is 1.56 bits per heavy atom. The van der Waals surface area contributed by atoms with Crippen molar-refractivity contribution in [2.75, 3.05) is 7.05 Å². The summed E-state index contributed by atoms with van der Waals surface area (Å²) in [6.07, 6.45) is 1.70. The van der Waals surface area contributed by atoms with Crippen molar-refractivity contribution in [3.63, 3.8) is 0 Å². The summed E-state index contributed by atoms with van der Waals surface area (Å²) in [5.74, 6) is 0.561. The van der Waals surface area contributed by atoms with E-state index < -0.39 is 12.2 Å². The lowest BCUT2D eigenvalue weighted by Crippen LogP contribution is -2.34. The zero-order chi connectivity index (χ0) is 13.1. The van der Waals surface area contributed by atoms with Crippen molar-refractivity contribution in [1.82, 2.24) is 5.32 Å². The Hall–Kier alpha value is -1.55. The van der Waals surface area contributed by atoms with Crippen molar-refractivity contribution in [3.8, 4) is 5.75 Å². The summed E-state index contributed by atoms with van der Waals surface area (Å²) in [7, 11) is 1.59. The number of rotatable bonds is 3. The number of aliphatic hydroxyl groups excluding tert-OH is 1. The van der Waals surface area contributed by atoms with Crippen LogP contribution in [-0.2, 0) is 11.2 Å². The molecule has 1 aromatic carbocycles. The van der Waals surface area contributed by atoms with E-state index in [1.807, 2.05) is 18.2 Å². The predicted octanol–water partition coefficient (Wildman–Crippen LogP) is 1.57. The van der Waals surface area contributed by atoms with Crippen LogP contribution in [0.1, 0.15) is 37.0 Å². The molecule has 18 heavy (non-hydrogen) atoms. The molecule has 0 aliphatic heterocycles. The minimum Gasteiger partial charge on any atom is -0.481 e. The molecule has 2 N–H and O–H groups in total. The number of fused-ring (bicyclic) bond motifs is 1. The van der Waals surface area contributed by atoms with Gasteiger partial charge >= 0.3 is 0 Å². The van der Waals surface area contributed by atoms with Crippen LogP contribution < -0.4 is 10.1 Å². The Morgan fingerprint density at radius 2 is 2.33 bits per heavy atom. The van der Waals surface area contributed by atoms with E-state index in [9.17, 15) is 9.90 Å². The van der Waals surface area contributed by atoms with E-state index in [2.05, 4.69) is 5.32 Å². The minimum absolute atomic E-state index is 0.149. The highest BCUT2D eigenvalue weighted by molar-refractivity contribution is 5.80. The highest BCUT2D eigenvalue weighted by Gasteiger charge is 2.22. The van der Waals surface area contributed by atoms with Gasteiger partial charge in [0.2, 0.25) is 0 Å². The zero-order valence-corrected chi connectivity index (χ0v) is 10.8. The quantitative estimate of drug-likeness (QED) is 0.855. The molecule has 4 heteroatoms. The first-order valence-electron chi connectivity index (χ1n) is 6.31. The molecule has 2 unspecified atom stereocenters. The second kappa shape index (κ2) is 5.40. The largest absolute Gasteiger partial charge is 0.481 e. The average Bonchev–Trinajstić information content (AvgIpc) is 2.39. The number of likely N-dealkylation sites (N-methyl/N-ethyl adjacent to an activating group) is 1. The lowest BCUT2D eigenvalue weighted by atomic mass is 9.89. The van der Waals surface area contributed by atoms with E-state index in [1.54, 1.807) is 14.0 Å². The second-order valence-corrected chi connectivity index (χ2v) is 4.61. The third-order valence-corrected chi connectivity index (χ3v) is 3.35. The van der Waals surface area contributed by atoms with Crippen LogP contribution in [0, 0.1) is 0 Å². The first kappa shape index (κ1) is 12.9. The van der Waals surface area contributed by atoms with Gasteiger partial charge in [-0.05, 0) is 43.4 Å². The molecule has 0 fully saturated rings. The third kappa shape index (κ3) is 2.48. The van der Waals surface area contributed by atoms with Crippen LogP contribution in [0.5, 0.6) is 5.75 Å². The van der Waals surface area contributed by atoms with Crippen LogP contribution in [0.3, 0.4) is 0 Å². The average molecular weight is 249 g/mol. The normalized spacial score (nSPS) is 19.8.